The molecule has 0 radical (unpaired) electrons. The van der Waals surface area contributed by atoms with Crippen LogP contribution >= 0.6 is 0 Å². The number of aryl methyl sites for hydroxylation is 1. The number of anilines is 1. The Morgan fingerprint density at radius 1 is 1.00 bits per heavy atom. The van der Waals surface area contributed by atoms with Gasteiger partial charge < -0.3 is 14.8 Å². The average molecular weight is 414 g/mol. The largest absolute Gasteiger partial charge is 0.493 e. The molecular formula is C24H22N4O3. The van der Waals surface area contributed by atoms with Crippen molar-refractivity contribution in [3.63, 3.8) is 0 Å². The molecule has 31 heavy (non-hydrogen) atoms. The number of fused-ring (bicyclic) bond motifs is 1. The van der Waals surface area contributed by atoms with Crippen molar-refractivity contribution in [3.8, 4) is 17.3 Å². The maximum Gasteiger partial charge on any atom is 0.249 e. The molecule has 0 saturated carbocycles. The second kappa shape index (κ2) is 8.71. The number of nitrogens with one attached hydrogen (secondary N) is 1. The van der Waals surface area contributed by atoms with Crippen LogP contribution in [0.25, 0.3) is 22.8 Å². The van der Waals surface area contributed by atoms with Crippen LogP contribution in [0.4, 0.5) is 5.82 Å². The normalized spacial score (nSPS) is 11.1. The molecule has 7 nitrogen and oxygen atoms in total. The van der Waals surface area contributed by atoms with Crippen LogP contribution in [0.3, 0.4) is 0 Å². The molecule has 2 aromatic heterocycles. The van der Waals surface area contributed by atoms with Gasteiger partial charge in [0.1, 0.15) is 5.82 Å². The standard InChI is InChI=1S/C24H22N4O3/c1-16-14-23(28(27-16)22-12-10-18-6-4-5-7-19(18)25-22)26-24(29)13-9-17-8-11-20(30-2)21(15-17)31-3/h4-15H,1-3H3,(H,26,29)/b13-9+. The van der Waals surface area contributed by atoms with Crippen LogP contribution in [0.2, 0.25) is 0 Å². The molecule has 156 valence electrons. The zero-order valence-corrected chi connectivity index (χ0v) is 17.5. The molecule has 0 bridgehead atoms. The number of hydrogen-bond donors (Lipinski definition) is 1. The lowest BCUT2D eigenvalue weighted by Gasteiger charge is -2.08. The molecule has 7 heteroatoms. The third-order valence-corrected chi connectivity index (χ3v) is 4.72. The highest BCUT2D eigenvalue weighted by molar-refractivity contribution is 6.01. The van der Waals surface area contributed by atoms with E-state index in [1.54, 1.807) is 43.2 Å². The highest BCUT2D eigenvalue weighted by atomic mass is 16.5. The Kier molecular flexibility index (Phi) is 5.66. The van der Waals surface area contributed by atoms with E-state index in [1.165, 1.54) is 6.08 Å². The van der Waals surface area contributed by atoms with Crippen molar-refractivity contribution in [2.24, 2.45) is 0 Å². The van der Waals surface area contributed by atoms with E-state index in [1.807, 2.05) is 49.4 Å². The summed E-state index contributed by atoms with van der Waals surface area (Å²) in [6, 6.07) is 19.0. The maximum atomic E-state index is 12.6. The van der Waals surface area contributed by atoms with Crippen molar-refractivity contribution in [1.82, 2.24) is 14.8 Å². The van der Waals surface area contributed by atoms with Crippen molar-refractivity contribution in [1.29, 1.82) is 0 Å². The number of aromatic nitrogens is 3. The third kappa shape index (κ3) is 4.40. The lowest BCUT2D eigenvalue weighted by atomic mass is 10.2. The minimum Gasteiger partial charge on any atom is -0.493 e. The second-order valence-electron chi connectivity index (χ2n) is 6.88. The molecule has 2 heterocycles. The predicted octanol–water partition coefficient (Wildman–Crippen LogP) is 4.40. The first-order valence-corrected chi connectivity index (χ1v) is 9.71. The molecule has 1 amide bonds. The van der Waals surface area contributed by atoms with E-state index in [0.29, 0.717) is 23.1 Å². The first-order valence-electron chi connectivity index (χ1n) is 9.71. The summed E-state index contributed by atoms with van der Waals surface area (Å²) in [6.07, 6.45) is 3.17. The van der Waals surface area contributed by atoms with Crippen molar-refractivity contribution in [2.45, 2.75) is 6.92 Å². The van der Waals surface area contributed by atoms with Gasteiger partial charge in [-0.3, -0.25) is 4.79 Å². The van der Waals surface area contributed by atoms with Gasteiger partial charge in [-0.25, -0.2) is 4.98 Å². The number of carbonyl (C=O) groups excluding carboxylic acids is 1. The number of methoxy groups -OCH3 is 2. The molecule has 0 saturated heterocycles. The molecule has 0 fully saturated rings. The first-order chi connectivity index (χ1) is 15.1. The summed E-state index contributed by atoms with van der Waals surface area (Å²) in [4.78, 5) is 17.2. The van der Waals surface area contributed by atoms with Crippen LogP contribution < -0.4 is 14.8 Å². The summed E-state index contributed by atoms with van der Waals surface area (Å²) < 4.78 is 12.2. The number of carbonyl (C=O) groups is 1. The quantitative estimate of drug-likeness (QED) is 0.473. The Labute approximate surface area is 179 Å². The predicted molar refractivity (Wildman–Crippen MR) is 121 cm³/mol. The van der Waals surface area contributed by atoms with Gasteiger partial charge in [0.2, 0.25) is 5.91 Å². The van der Waals surface area contributed by atoms with Crippen LogP contribution in [0, 0.1) is 6.92 Å². The van der Waals surface area contributed by atoms with E-state index in [-0.39, 0.29) is 5.91 Å². The van der Waals surface area contributed by atoms with E-state index in [2.05, 4.69) is 15.4 Å². The SMILES string of the molecule is COc1ccc(/C=C/C(=O)Nc2cc(C)nn2-c2ccc3ccccc3n2)cc1OC. The summed E-state index contributed by atoms with van der Waals surface area (Å²) in [5.74, 6) is 2.12. The summed E-state index contributed by atoms with van der Waals surface area (Å²) >= 11 is 0. The van der Waals surface area contributed by atoms with E-state index < -0.39 is 0 Å². The average Bonchev–Trinajstić information content (AvgIpc) is 3.16. The van der Waals surface area contributed by atoms with Gasteiger partial charge >= 0.3 is 0 Å². The van der Waals surface area contributed by atoms with Crippen LogP contribution in [-0.4, -0.2) is 34.9 Å². The van der Waals surface area contributed by atoms with Gasteiger partial charge in [0.05, 0.1) is 25.4 Å². The number of nitrogens with zero attached hydrogens (tertiary/aromatic N) is 3. The molecular weight excluding hydrogens is 392 g/mol. The molecule has 4 rings (SSSR count). The number of ether oxygens (including phenoxy) is 2. The Balaban J connectivity index is 1.56. The van der Waals surface area contributed by atoms with Gasteiger partial charge in [0, 0.05) is 17.5 Å². The van der Waals surface area contributed by atoms with E-state index in [9.17, 15) is 4.79 Å². The van der Waals surface area contributed by atoms with Gasteiger partial charge in [-0.05, 0) is 48.9 Å². The molecule has 0 atom stereocenters. The van der Waals surface area contributed by atoms with Gasteiger partial charge in [0.15, 0.2) is 17.3 Å². The molecule has 0 aliphatic carbocycles. The topological polar surface area (TPSA) is 78.3 Å². The zero-order chi connectivity index (χ0) is 21.8. The Hall–Kier alpha value is -4.13. The summed E-state index contributed by atoms with van der Waals surface area (Å²) in [5, 5.41) is 8.40. The molecule has 0 aliphatic heterocycles. The monoisotopic (exact) mass is 414 g/mol. The molecule has 0 spiro atoms. The second-order valence-corrected chi connectivity index (χ2v) is 6.88. The minimum absolute atomic E-state index is 0.281. The zero-order valence-electron chi connectivity index (χ0n) is 17.5. The summed E-state index contributed by atoms with van der Waals surface area (Å²) in [5.41, 5.74) is 2.45. The van der Waals surface area contributed by atoms with Crippen molar-refractivity contribution in [3.05, 3.63) is 78.0 Å². The van der Waals surface area contributed by atoms with E-state index >= 15 is 0 Å². The fraction of sp³-hybridized carbons (Fsp3) is 0.125. The van der Waals surface area contributed by atoms with Gasteiger partial charge in [-0.2, -0.15) is 9.78 Å². The van der Waals surface area contributed by atoms with Gasteiger partial charge in [-0.1, -0.05) is 24.3 Å². The molecule has 1 N–H and O–H groups in total. The highest BCUT2D eigenvalue weighted by Gasteiger charge is 2.11. The van der Waals surface area contributed by atoms with E-state index in [4.69, 9.17) is 9.47 Å². The molecule has 0 unspecified atom stereocenters. The number of para-hydroxylation sites is 1. The number of benzene rings is 2. The number of pyridine rings is 1. The Bertz CT molecular complexity index is 1280. The number of rotatable bonds is 6. The maximum absolute atomic E-state index is 12.6. The van der Waals surface area contributed by atoms with Crippen molar-refractivity contribution < 1.29 is 14.3 Å². The van der Waals surface area contributed by atoms with Gasteiger partial charge in [0.25, 0.3) is 0 Å². The number of hydrogen-bond acceptors (Lipinski definition) is 5. The molecule has 0 aliphatic rings. The fourth-order valence-corrected chi connectivity index (χ4v) is 3.23. The van der Waals surface area contributed by atoms with E-state index in [0.717, 1.165) is 22.2 Å². The lowest BCUT2D eigenvalue weighted by Crippen LogP contribution is -2.13. The van der Waals surface area contributed by atoms with Crippen LogP contribution in [0.5, 0.6) is 11.5 Å². The third-order valence-electron chi connectivity index (χ3n) is 4.72. The summed E-state index contributed by atoms with van der Waals surface area (Å²) in [7, 11) is 3.15. The highest BCUT2D eigenvalue weighted by Crippen LogP contribution is 2.28. The molecule has 4 aromatic rings. The van der Waals surface area contributed by atoms with Crippen LogP contribution in [-0.2, 0) is 4.79 Å². The van der Waals surface area contributed by atoms with Crippen molar-refractivity contribution in [2.75, 3.05) is 19.5 Å². The summed E-state index contributed by atoms with van der Waals surface area (Å²) in [6.45, 7) is 1.87. The first kappa shape index (κ1) is 20.2. The van der Waals surface area contributed by atoms with Gasteiger partial charge in [-0.15, -0.1) is 0 Å². The Morgan fingerprint density at radius 2 is 1.81 bits per heavy atom. The lowest BCUT2D eigenvalue weighted by molar-refractivity contribution is -0.111. The Morgan fingerprint density at radius 3 is 2.61 bits per heavy atom. The van der Waals surface area contributed by atoms with Crippen molar-refractivity contribution >= 4 is 28.7 Å². The van der Waals surface area contributed by atoms with Crippen LogP contribution in [0.1, 0.15) is 11.3 Å². The smallest absolute Gasteiger partial charge is 0.249 e. The fourth-order valence-electron chi connectivity index (χ4n) is 3.23. The number of amides is 1. The molecule has 2 aromatic carbocycles. The minimum atomic E-state index is -0.281. The van der Waals surface area contributed by atoms with Crippen LogP contribution in [0.15, 0.2) is 66.7 Å².